The average Bonchev–Trinajstić information content (AvgIpc) is 2.34. The summed E-state index contributed by atoms with van der Waals surface area (Å²) in [4.78, 5) is 36.8. The molecular formula is C11H18N4O4. The first-order valence-corrected chi connectivity index (χ1v) is 5.85. The van der Waals surface area contributed by atoms with E-state index in [0.29, 0.717) is 0 Å². The molecular weight excluding hydrogens is 252 g/mol. The number of Topliss-reactive ketones (excluding diaryl/α,β-unsaturated/α-hetero) is 1. The van der Waals surface area contributed by atoms with Gasteiger partial charge in [0.05, 0.1) is 12.6 Å². The van der Waals surface area contributed by atoms with Crippen LogP contribution in [-0.2, 0) is 19.1 Å². The molecule has 8 nitrogen and oxygen atoms in total. The molecule has 0 saturated carbocycles. The van der Waals surface area contributed by atoms with E-state index in [0.717, 1.165) is 6.21 Å². The van der Waals surface area contributed by atoms with E-state index in [-0.39, 0.29) is 19.4 Å². The second kappa shape index (κ2) is 8.96. The molecule has 0 saturated heterocycles. The SMILES string of the molecule is CCOC(=O)C(CCC(=O)C=[N+]=[N-])NC(=O)C(C)N. The summed E-state index contributed by atoms with van der Waals surface area (Å²) >= 11 is 0. The minimum absolute atomic E-state index is 0.0438. The zero-order valence-corrected chi connectivity index (χ0v) is 11.0. The van der Waals surface area contributed by atoms with Crippen LogP contribution in [0.3, 0.4) is 0 Å². The highest BCUT2D eigenvalue weighted by Crippen LogP contribution is 2.01. The standard InChI is InChI=1S/C11H18N4O4/c1-3-19-11(18)9(15-10(17)7(2)12)5-4-8(16)6-14-13/h6-7,9H,3-5,12H2,1-2H3,(H,15,17). The summed E-state index contributed by atoms with van der Waals surface area (Å²) in [6, 6.07) is -1.72. The van der Waals surface area contributed by atoms with Crippen molar-refractivity contribution in [2.24, 2.45) is 5.73 Å². The first-order chi connectivity index (χ1) is 8.92. The lowest BCUT2D eigenvalue weighted by Crippen LogP contribution is -2.48. The maximum Gasteiger partial charge on any atom is 0.328 e. The summed E-state index contributed by atoms with van der Waals surface area (Å²) in [5, 5.41) is 2.40. The molecule has 0 bridgehead atoms. The number of amides is 1. The van der Waals surface area contributed by atoms with Crippen molar-refractivity contribution in [1.82, 2.24) is 5.32 Å². The van der Waals surface area contributed by atoms with E-state index >= 15 is 0 Å². The molecule has 0 spiro atoms. The van der Waals surface area contributed by atoms with Gasteiger partial charge in [0.15, 0.2) is 0 Å². The average molecular weight is 270 g/mol. The van der Waals surface area contributed by atoms with Crippen molar-refractivity contribution >= 4 is 23.9 Å². The molecule has 0 heterocycles. The van der Waals surface area contributed by atoms with Crippen LogP contribution in [0.2, 0.25) is 0 Å². The number of ketones is 1. The van der Waals surface area contributed by atoms with Crippen LogP contribution in [0.1, 0.15) is 26.7 Å². The predicted molar refractivity (Wildman–Crippen MR) is 66.1 cm³/mol. The zero-order chi connectivity index (χ0) is 14.8. The van der Waals surface area contributed by atoms with Gasteiger partial charge in [-0.2, -0.15) is 4.79 Å². The molecule has 3 N–H and O–H groups in total. The Kier molecular flexibility index (Phi) is 7.99. The van der Waals surface area contributed by atoms with Crippen molar-refractivity contribution in [2.75, 3.05) is 6.61 Å². The Balaban J connectivity index is 4.58. The number of nitrogens with two attached hydrogens (primary N) is 1. The Morgan fingerprint density at radius 1 is 1.47 bits per heavy atom. The Morgan fingerprint density at radius 3 is 2.58 bits per heavy atom. The molecule has 0 aliphatic carbocycles. The summed E-state index contributed by atoms with van der Waals surface area (Å²) in [6.07, 6.45) is 0.713. The van der Waals surface area contributed by atoms with Gasteiger partial charge in [0, 0.05) is 6.42 Å². The summed E-state index contributed by atoms with van der Waals surface area (Å²) in [5.74, 6) is -1.61. The van der Waals surface area contributed by atoms with Crippen LogP contribution >= 0.6 is 0 Å². The zero-order valence-electron chi connectivity index (χ0n) is 11.0. The van der Waals surface area contributed by atoms with Gasteiger partial charge in [0.25, 0.3) is 0 Å². The van der Waals surface area contributed by atoms with E-state index in [4.69, 9.17) is 16.0 Å². The van der Waals surface area contributed by atoms with Gasteiger partial charge in [-0.05, 0) is 20.3 Å². The fourth-order valence-electron chi connectivity index (χ4n) is 1.21. The normalized spacial score (nSPS) is 12.8. The van der Waals surface area contributed by atoms with Gasteiger partial charge in [0.2, 0.25) is 11.7 Å². The lowest BCUT2D eigenvalue weighted by Gasteiger charge is -2.17. The Hall–Kier alpha value is -2.05. The molecule has 0 aromatic carbocycles. The Morgan fingerprint density at radius 2 is 2.11 bits per heavy atom. The molecule has 0 aromatic rings. The van der Waals surface area contributed by atoms with E-state index in [1.807, 2.05) is 0 Å². The lowest BCUT2D eigenvalue weighted by molar-refractivity contribution is -0.147. The molecule has 1 amide bonds. The van der Waals surface area contributed by atoms with Gasteiger partial charge in [-0.25, -0.2) is 4.79 Å². The molecule has 0 rings (SSSR count). The van der Waals surface area contributed by atoms with Crippen LogP contribution in [0, 0.1) is 0 Å². The maximum atomic E-state index is 11.6. The van der Waals surface area contributed by atoms with Crippen LogP contribution < -0.4 is 11.1 Å². The molecule has 0 aliphatic heterocycles. The summed E-state index contributed by atoms with van der Waals surface area (Å²) in [7, 11) is 0. The second-order valence-electron chi connectivity index (χ2n) is 3.85. The summed E-state index contributed by atoms with van der Waals surface area (Å²) in [6.45, 7) is 3.27. The highest BCUT2D eigenvalue weighted by atomic mass is 16.5. The Labute approximate surface area is 110 Å². The topological polar surface area (TPSA) is 135 Å². The molecule has 2 atom stereocenters. The molecule has 0 fully saturated rings. The number of ether oxygens (including phenoxy) is 1. The van der Waals surface area contributed by atoms with Gasteiger partial charge in [-0.15, -0.1) is 0 Å². The number of nitrogens with one attached hydrogen (secondary N) is 1. The fraction of sp³-hybridized carbons (Fsp3) is 0.636. The van der Waals surface area contributed by atoms with Crippen molar-refractivity contribution in [1.29, 1.82) is 0 Å². The maximum absolute atomic E-state index is 11.6. The van der Waals surface area contributed by atoms with Crippen LogP contribution in [-0.4, -0.2) is 47.4 Å². The van der Waals surface area contributed by atoms with E-state index in [1.54, 1.807) is 6.92 Å². The van der Waals surface area contributed by atoms with E-state index in [1.165, 1.54) is 6.92 Å². The highest BCUT2D eigenvalue weighted by Gasteiger charge is 2.24. The minimum atomic E-state index is -0.950. The molecule has 8 heteroatoms. The van der Waals surface area contributed by atoms with Crippen molar-refractivity contribution in [3.63, 3.8) is 0 Å². The third-order valence-electron chi connectivity index (χ3n) is 2.18. The first kappa shape index (κ1) is 16.9. The largest absolute Gasteiger partial charge is 0.464 e. The number of hydrogen-bond donors (Lipinski definition) is 2. The quantitative estimate of drug-likeness (QED) is 0.253. The first-order valence-electron chi connectivity index (χ1n) is 5.85. The smallest absolute Gasteiger partial charge is 0.328 e. The van der Waals surface area contributed by atoms with Gasteiger partial charge in [-0.1, -0.05) is 0 Å². The van der Waals surface area contributed by atoms with Crippen LogP contribution in [0.15, 0.2) is 0 Å². The van der Waals surface area contributed by atoms with Gasteiger partial charge in [0.1, 0.15) is 6.04 Å². The molecule has 19 heavy (non-hydrogen) atoms. The van der Waals surface area contributed by atoms with E-state index < -0.39 is 29.7 Å². The number of rotatable bonds is 8. The van der Waals surface area contributed by atoms with Crippen molar-refractivity contribution in [3.8, 4) is 0 Å². The number of hydrogen-bond acceptors (Lipinski definition) is 5. The van der Waals surface area contributed by atoms with E-state index in [2.05, 4.69) is 10.1 Å². The predicted octanol–water partition coefficient (Wildman–Crippen LogP) is -0.969. The minimum Gasteiger partial charge on any atom is -0.464 e. The highest BCUT2D eigenvalue weighted by molar-refractivity contribution is 6.25. The number of nitrogens with zero attached hydrogens (tertiary/aromatic N) is 2. The molecule has 0 aliphatic rings. The number of carbonyl (C=O) groups excluding carboxylic acids is 3. The van der Waals surface area contributed by atoms with E-state index in [9.17, 15) is 14.4 Å². The molecule has 2 unspecified atom stereocenters. The number of esters is 1. The third-order valence-corrected chi connectivity index (χ3v) is 2.18. The van der Waals surface area contributed by atoms with Gasteiger partial charge >= 0.3 is 12.2 Å². The van der Waals surface area contributed by atoms with Crippen LogP contribution in [0.5, 0.6) is 0 Å². The number of carbonyl (C=O) groups is 3. The van der Waals surface area contributed by atoms with Crippen LogP contribution in [0.25, 0.3) is 5.53 Å². The van der Waals surface area contributed by atoms with Crippen molar-refractivity contribution in [2.45, 2.75) is 38.8 Å². The summed E-state index contributed by atoms with van der Waals surface area (Å²) in [5.41, 5.74) is 13.6. The summed E-state index contributed by atoms with van der Waals surface area (Å²) < 4.78 is 4.79. The van der Waals surface area contributed by atoms with Gasteiger partial charge < -0.3 is 21.3 Å². The molecule has 106 valence electrons. The molecule has 0 aromatic heterocycles. The fourth-order valence-corrected chi connectivity index (χ4v) is 1.21. The van der Waals surface area contributed by atoms with Crippen molar-refractivity contribution < 1.29 is 23.9 Å². The Bertz CT molecular complexity index is 388. The molecule has 0 radical (unpaired) electrons. The lowest BCUT2D eigenvalue weighted by atomic mass is 10.1. The monoisotopic (exact) mass is 270 g/mol. The van der Waals surface area contributed by atoms with Gasteiger partial charge in [-0.3, -0.25) is 9.59 Å². The second-order valence-corrected chi connectivity index (χ2v) is 3.85. The van der Waals surface area contributed by atoms with Crippen LogP contribution in [0.4, 0.5) is 0 Å². The van der Waals surface area contributed by atoms with Crippen molar-refractivity contribution in [3.05, 3.63) is 5.53 Å². The third kappa shape index (κ3) is 7.07.